The van der Waals surface area contributed by atoms with Crippen LogP contribution in [0.4, 0.5) is 0 Å². The lowest BCUT2D eigenvalue weighted by Gasteiger charge is -2.42. The summed E-state index contributed by atoms with van der Waals surface area (Å²) in [4.78, 5) is 1.35. The van der Waals surface area contributed by atoms with E-state index in [2.05, 4.69) is 178 Å². The second kappa shape index (κ2) is 12.9. The fraction of sp³-hybridized carbons (Fsp3) is 0.160. The number of hydrogen-bond acceptors (Lipinski definition) is 5. The second-order valence-electron chi connectivity index (χ2n) is 15.6. The van der Waals surface area contributed by atoms with Crippen molar-refractivity contribution in [2.45, 2.75) is 43.8 Å². The number of allylic oxidation sites excluding steroid dienone is 5. The molecule has 5 aromatic carbocycles. The number of nitrogens with one attached hydrogen (secondary N) is 3. The molecule has 6 heteroatoms. The molecule has 1 fully saturated rings. The van der Waals surface area contributed by atoms with E-state index in [1.807, 2.05) is 11.3 Å². The predicted octanol–water partition coefficient (Wildman–Crippen LogP) is 11.5. The number of furan rings is 1. The van der Waals surface area contributed by atoms with Crippen LogP contribution in [0.2, 0.25) is 0 Å². The number of para-hydroxylation sites is 2. The molecule has 56 heavy (non-hydrogen) atoms. The number of rotatable bonds is 5. The summed E-state index contributed by atoms with van der Waals surface area (Å²) in [6.45, 7) is 0. The Morgan fingerprint density at radius 1 is 0.714 bits per heavy atom. The lowest BCUT2D eigenvalue weighted by Crippen LogP contribution is -2.61. The summed E-state index contributed by atoms with van der Waals surface area (Å²) in [5.41, 5.74) is 11.4. The average Bonchev–Trinajstić information content (AvgIpc) is 3.89. The van der Waals surface area contributed by atoms with Gasteiger partial charge in [0.15, 0.2) is 0 Å². The average molecular weight is 745 g/mol. The second-order valence-corrected chi connectivity index (χ2v) is 16.7. The number of fused-ring (bicyclic) bond motifs is 9. The van der Waals surface area contributed by atoms with E-state index in [4.69, 9.17) is 4.42 Å². The number of hydrogen-bond donors (Lipinski definition) is 3. The van der Waals surface area contributed by atoms with Gasteiger partial charge in [-0.25, -0.2) is 0 Å². The Labute approximate surface area is 329 Å². The zero-order chi connectivity index (χ0) is 36.7. The number of aromatic nitrogens is 1. The van der Waals surface area contributed by atoms with Crippen molar-refractivity contribution in [3.8, 4) is 0 Å². The minimum Gasteiger partial charge on any atom is -0.461 e. The number of nitrogens with zero attached hydrogens (tertiary/aromatic N) is 1. The molecule has 0 amide bonds. The van der Waals surface area contributed by atoms with Gasteiger partial charge in [0.05, 0.1) is 24.5 Å². The molecule has 4 unspecified atom stereocenters. The molecule has 5 atom stereocenters. The van der Waals surface area contributed by atoms with Gasteiger partial charge in [-0.15, -0.1) is 11.3 Å². The predicted molar refractivity (Wildman–Crippen MR) is 232 cm³/mol. The molecule has 8 aromatic rings. The van der Waals surface area contributed by atoms with Gasteiger partial charge in [-0.1, -0.05) is 127 Å². The normalized spacial score (nSPS) is 23.6. The molecule has 0 bridgehead atoms. The highest BCUT2D eigenvalue weighted by molar-refractivity contribution is 7.20. The Balaban J connectivity index is 0.925. The third-order valence-corrected chi connectivity index (χ3v) is 13.6. The summed E-state index contributed by atoms with van der Waals surface area (Å²) in [7, 11) is 0. The quantitative estimate of drug-likeness (QED) is 0.164. The van der Waals surface area contributed by atoms with Gasteiger partial charge < -0.3 is 8.98 Å². The number of thiophene rings is 1. The minimum atomic E-state index is -0.0252. The lowest BCUT2D eigenvalue weighted by atomic mass is 9.85. The van der Waals surface area contributed by atoms with E-state index < -0.39 is 0 Å². The summed E-state index contributed by atoms with van der Waals surface area (Å²) < 4.78 is 10.4. The van der Waals surface area contributed by atoms with E-state index in [0.29, 0.717) is 5.92 Å². The van der Waals surface area contributed by atoms with E-state index in [9.17, 15) is 0 Å². The molecule has 4 aliphatic rings. The molecule has 5 nitrogen and oxygen atoms in total. The van der Waals surface area contributed by atoms with Gasteiger partial charge in [-0.2, -0.15) is 0 Å². The highest BCUT2D eigenvalue weighted by Gasteiger charge is 2.37. The van der Waals surface area contributed by atoms with Crippen molar-refractivity contribution in [2.24, 2.45) is 5.92 Å². The smallest absolute Gasteiger partial charge is 0.135 e. The molecular weight excluding hydrogens is 705 g/mol. The molecule has 1 aliphatic heterocycles. The molecule has 4 heterocycles. The van der Waals surface area contributed by atoms with Crippen LogP contribution >= 0.6 is 11.3 Å². The van der Waals surface area contributed by atoms with Gasteiger partial charge in [0, 0.05) is 60.1 Å². The van der Waals surface area contributed by atoms with E-state index in [0.717, 1.165) is 30.6 Å². The van der Waals surface area contributed by atoms with Gasteiger partial charge in [0.1, 0.15) is 11.3 Å². The van der Waals surface area contributed by atoms with E-state index >= 15 is 0 Å². The Kier molecular flexibility index (Phi) is 7.48. The highest BCUT2D eigenvalue weighted by atomic mass is 32.1. The highest BCUT2D eigenvalue weighted by Crippen LogP contribution is 2.49. The van der Waals surface area contributed by atoms with Crippen molar-refractivity contribution in [1.29, 1.82) is 0 Å². The molecule has 272 valence electrons. The fourth-order valence-electron chi connectivity index (χ4n) is 9.86. The van der Waals surface area contributed by atoms with Gasteiger partial charge in [-0.05, 0) is 71.0 Å². The van der Waals surface area contributed by atoms with Crippen molar-refractivity contribution in [1.82, 2.24) is 20.5 Å². The van der Waals surface area contributed by atoms with Gasteiger partial charge in [0.25, 0.3) is 0 Å². The van der Waals surface area contributed by atoms with Crippen LogP contribution in [0.25, 0.3) is 55.0 Å². The Bertz CT molecular complexity index is 2920. The standard InChI is InChI=1S/C50H40N4OS/c1-3-13-31(14-4-1)48-51-49(32-15-5-2-6-16-32)53-50(52-48)36-20-12-24-44-46(36)37-28-30(25-26-43(37)56-44)27-33-17-11-23-41-45(33)47-40(29-42(47)55-41)54-38-21-9-7-18-34(38)35-19-8-10-22-39(35)54/h1-15,17-27,32,40,48-53H,16,28-29H2/b30-27+/t32?,40-,48?,49?,50?/m1/s1. The molecule has 0 radical (unpaired) electrons. The summed E-state index contributed by atoms with van der Waals surface area (Å²) in [6.07, 6.45) is 18.9. The van der Waals surface area contributed by atoms with Crippen LogP contribution in [0.5, 0.6) is 0 Å². The van der Waals surface area contributed by atoms with E-state index in [1.54, 1.807) is 0 Å². The van der Waals surface area contributed by atoms with Crippen molar-refractivity contribution in [2.75, 3.05) is 0 Å². The third-order valence-electron chi connectivity index (χ3n) is 12.5. The van der Waals surface area contributed by atoms with E-state index in [-0.39, 0.29) is 24.5 Å². The largest absolute Gasteiger partial charge is 0.461 e. The Hall–Kier alpha value is -5.76. The maximum Gasteiger partial charge on any atom is 0.135 e. The molecule has 0 saturated carbocycles. The summed E-state index contributed by atoms with van der Waals surface area (Å²) >= 11 is 1.91. The molecule has 3 aromatic heterocycles. The summed E-state index contributed by atoms with van der Waals surface area (Å²) in [6, 6.07) is 42.1. The molecule has 3 aliphatic carbocycles. The molecule has 3 N–H and O–H groups in total. The zero-order valence-corrected chi connectivity index (χ0v) is 31.6. The van der Waals surface area contributed by atoms with Crippen LogP contribution in [0.3, 0.4) is 0 Å². The van der Waals surface area contributed by atoms with Crippen molar-refractivity contribution in [3.63, 3.8) is 0 Å². The van der Waals surface area contributed by atoms with Crippen molar-refractivity contribution < 1.29 is 4.42 Å². The van der Waals surface area contributed by atoms with Crippen LogP contribution in [0.1, 0.15) is 63.2 Å². The number of benzene rings is 5. The maximum atomic E-state index is 6.56. The summed E-state index contributed by atoms with van der Waals surface area (Å²) in [5, 5.41) is 17.1. The molecule has 12 rings (SSSR count). The first-order valence-corrected chi connectivity index (χ1v) is 20.7. The molecule has 1 saturated heterocycles. The first kappa shape index (κ1) is 32.5. The van der Waals surface area contributed by atoms with E-state index in [1.165, 1.54) is 75.5 Å². The van der Waals surface area contributed by atoms with Crippen LogP contribution in [-0.4, -0.2) is 10.7 Å². The van der Waals surface area contributed by atoms with Gasteiger partial charge >= 0.3 is 0 Å². The van der Waals surface area contributed by atoms with Crippen LogP contribution in [-0.2, 0) is 12.8 Å². The monoisotopic (exact) mass is 744 g/mol. The van der Waals surface area contributed by atoms with Gasteiger partial charge in [0.2, 0.25) is 0 Å². The Morgan fingerprint density at radius 2 is 1.50 bits per heavy atom. The zero-order valence-electron chi connectivity index (χ0n) is 30.8. The van der Waals surface area contributed by atoms with Crippen LogP contribution < -0.4 is 16.0 Å². The Morgan fingerprint density at radius 3 is 2.32 bits per heavy atom. The topological polar surface area (TPSA) is 54.2 Å². The first-order chi connectivity index (χ1) is 27.7. The third kappa shape index (κ3) is 5.10. The maximum absolute atomic E-state index is 6.56. The van der Waals surface area contributed by atoms with Crippen LogP contribution in [0, 0.1) is 5.92 Å². The lowest BCUT2D eigenvalue weighted by molar-refractivity contribution is 0.171. The van der Waals surface area contributed by atoms with Crippen molar-refractivity contribution in [3.05, 3.63) is 190 Å². The first-order valence-electron chi connectivity index (χ1n) is 19.9. The summed E-state index contributed by atoms with van der Waals surface area (Å²) in [5.74, 6) is 1.47. The molecule has 0 spiro atoms. The molecular formula is C50H40N4OS. The fourth-order valence-corrected chi connectivity index (χ4v) is 11.0. The SMILES string of the molecule is C1=CCC(C2NC(c3ccccc3)NC(c3cccc4sc5c(c34)C/C(=C/c3cccc4oc6c(c34)[C@H](n3c4ccccc4c4ccccc43)C6)C=C5)N2)C=C1. The van der Waals surface area contributed by atoms with Gasteiger partial charge in [-0.3, -0.25) is 16.0 Å². The van der Waals surface area contributed by atoms with Crippen molar-refractivity contribution >= 4 is 66.4 Å². The van der Waals surface area contributed by atoms with Crippen LogP contribution in [0.15, 0.2) is 156 Å². The minimum absolute atomic E-state index is 0.0197.